The van der Waals surface area contributed by atoms with E-state index < -0.39 is 0 Å². The second-order valence-electron chi connectivity index (χ2n) is 12.0. The van der Waals surface area contributed by atoms with Gasteiger partial charge in [0.05, 0.1) is 0 Å². The number of fused-ring (bicyclic) bond motifs is 1. The highest BCUT2D eigenvalue weighted by Gasteiger charge is 2.37. The van der Waals surface area contributed by atoms with Gasteiger partial charge in [-0.3, -0.25) is 9.69 Å². The van der Waals surface area contributed by atoms with Gasteiger partial charge in [-0.05, 0) is 67.6 Å². The Morgan fingerprint density at radius 2 is 1.68 bits per heavy atom. The van der Waals surface area contributed by atoms with E-state index in [1.165, 1.54) is 31.2 Å². The number of halogens is 1. The highest BCUT2D eigenvalue weighted by molar-refractivity contribution is 5.76. The molecular weight excluding hydrogens is 475 g/mol. The van der Waals surface area contributed by atoms with Crippen LogP contribution in [0.25, 0.3) is 0 Å². The largest absolute Gasteiger partial charge is 0.492 e. The van der Waals surface area contributed by atoms with Crippen molar-refractivity contribution in [2.24, 2.45) is 11.3 Å². The van der Waals surface area contributed by atoms with Crippen molar-refractivity contribution in [2.45, 2.75) is 83.6 Å². The van der Waals surface area contributed by atoms with E-state index in [1.807, 2.05) is 18.2 Å². The van der Waals surface area contributed by atoms with E-state index in [2.05, 4.69) is 28.0 Å². The fourth-order valence-electron chi connectivity index (χ4n) is 7.01. The molecule has 2 aromatic rings. The summed E-state index contributed by atoms with van der Waals surface area (Å²) in [4.78, 5) is 17.6. The molecule has 0 atom stereocenters. The molecule has 38 heavy (non-hydrogen) atoms. The van der Waals surface area contributed by atoms with Gasteiger partial charge in [-0.15, -0.1) is 0 Å². The lowest BCUT2D eigenvalue weighted by atomic mass is 9.73. The van der Waals surface area contributed by atoms with Crippen molar-refractivity contribution in [1.82, 2.24) is 9.80 Å². The number of amides is 1. The number of hydrogen-bond acceptors (Lipinski definition) is 3. The number of rotatable bonds is 5. The van der Waals surface area contributed by atoms with Crippen LogP contribution in [0.1, 0.15) is 81.8 Å². The molecule has 3 aliphatic rings. The molecule has 2 fully saturated rings. The Balaban J connectivity index is 1.27. The van der Waals surface area contributed by atoms with Crippen LogP contribution in [0.2, 0.25) is 0 Å². The zero-order valence-corrected chi connectivity index (χ0v) is 23.0. The Labute approximate surface area is 228 Å². The Kier molecular flexibility index (Phi) is 9.37. The van der Waals surface area contributed by atoms with Gasteiger partial charge >= 0.3 is 0 Å². The first-order valence-corrected chi connectivity index (χ1v) is 15.0. The fourth-order valence-corrected chi connectivity index (χ4v) is 7.01. The summed E-state index contributed by atoms with van der Waals surface area (Å²) in [5.41, 5.74) is 2.19. The molecule has 0 N–H and O–H groups in total. The van der Waals surface area contributed by atoms with Gasteiger partial charge in [0, 0.05) is 44.7 Å². The molecule has 1 spiro atoms. The lowest BCUT2D eigenvalue weighted by molar-refractivity contribution is -0.134. The molecule has 5 heteroatoms. The summed E-state index contributed by atoms with van der Waals surface area (Å²) < 4.78 is 20.9. The topological polar surface area (TPSA) is 32.8 Å². The Morgan fingerprint density at radius 3 is 2.50 bits per heavy atom. The molecule has 0 bridgehead atoms. The lowest BCUT2D eigenvalue weighted by Crippen LogP contribution is -2.48. The number of para-hydroxylation sites is 1. The maximum Gasteiger partial charge on any atom is 0.222 e. The predicted octanol–water partition coefficient (Wildman–Crippen LogP) is 7.01. The van der Waals surface area contributed by atoms with Crippen molar-refractivity contribution >= 4 is 5.91 Å². The summed E-state index contributed by atoms with van der Waals surface area (Å²) in [6, 6.07) is 15.5. The van der Waals surface area contributed by atoms with Gasteiger partial charge in [-0.1, -0.05) is 68.5 Å². The third kappa shape index (κ3) is 7.16. The van der Waals surface area contributed by atoms with Gasteiger partial charge in [0.15, 0.2) is 0 Å². The lowest BCUT2D eigenvalue weighted by Gasteiger charge is -2.45. The van der Waals surface area contributed by atoms with Gasteiger partial charge in [0.2, 0.25) is 5.91 Å². The molecule has 2 aromatic carbocycles. The number of nitrogens with zero attached hydrogens (tertiary/aromatic N) is 2. The van der Waals surface area contributed by atoms with Crippen molar-refractivity contribution < 1.29 is 13.9 Å². The summed E-state index contributed by atoms with van der Waals surface area (Å²) in [5, 5.41) is 0. The Morgan fingerprint density at radius 1 is 0.921 bits per heavy atom. The third-order valence-electron chi connectivity index (χ3n) is 9.37. The quantitative estimate of drug-likeness (QED) is 0.425. The van der Waals surface area contributed by atoms with Crippen LogP contribution < -0.4 is 4.74 Å². The van der Waals surface area contributed by atoms with Gasteiger partial charge in [0.25, 0.3) is 0 Å². The number of carbonyl (C=O) groups is 1. The first kappa shape index (κ1) is 27.2. The third-order valence-corrected chi connectivity index (χ3v) is 9.37. The SMILES string of the molecule is O=C(CCC1CCCC1)N1CCC2(CCCCc3ccccc3OCCN(Cc3ccccc3F)C2)CC1. The summed E-state index contributed by atoms with van der Waals surface area (Å²) in [5.74, 6) is 1.97. The van der Waals surface area contributed by atoms with Crippen molar-refractivity contribution in [3.8, 4) is 5.75 Å². The molecule has 0 radical (unpaired) electrons. The molecule has 0 aromatic heterocycles. The van der Waals surface area contributed by atoms with Crippen molar-refractivity contribution in [3.63, 3.8) is 0 Å². The molecule has 4 nitrogen and oxygen atoms in total. The van der Waals surface area contributed by atoms with Crippen LogP contribution in [0.15, 0.2) is 48.5 Å². The molecule has 206 valence electrons. The van der Waals surface area contributed by atoms with Crippen LogP contribution in [0.4, 0.5) is 4.39 Å². The highest BCUT2D eigenvalue weighted by atomic mass is 19.1. The van der Waals surface area contributed by atoms with Crippen molar-refractivity contribution in [3.05, 3.63) is 65.5 Å². The zero-order valence-electron chi connectivity index (χ0n) is 23.0. The predicted molar refractivity (Wildman–Crippen MR) is 151 cm³/mol. The van der Waals surface area contributed by atoms with E-state index in [4.69, 9.17) is 4.74 Å². The molecule has 2 heterocycles. The normalized spacial score (nSPS) is 21.3. The first-order chi connectivity index (χ1) is 18.6. The average Bonchev–Trinajstić information content (AvgIpc) is 3.45. The van der Waals surface area contributed by atoms with Crippen molar-refractivity contribution in [1.29, 1.82) is 0 Å². The summed E-state index contributed by atoms with van der Waals surface area (Å²) >= 11 is 0. The van der Waals surface area contributed by atoms with Crippen LogP contribution in [-0.2, 0) is 17.8 Å². The molecule has 5 rings (SSSR count). The van der Waals surface area contributed by atoms with E-state index in [-0.39, 0.29) is 11.2 Å². The maximum atomic E-state index is 14.6. The van der Waals surface area contributed by atoms with Crippen LogP contribution in [-0.4, -0.2) is 48.5 Å². The van der Waals surface area contributed by atoms with Gasteiger partial charge in [-0.2, -0.15) is 0 Å². The van der Waals surface area contributed by atoms with Gasteiger partial charge in [-0.25, -0.2) is 4.39 Å². The van der Waals surface area contributed by atoms with Gasteiger partial charge in [0.1, 0.15) is 18.2 Å². The van der Waals surface area contributed by atoms with E-state index in [0.717, 1.165) is 88.4 Å². The van der Waals surface area contributed by atoms with Crippen LogP contribution >= 0.6 is 0 Å². The number of benzene rings is 2. The minimum atomic E-state index is -0.137. The number of carbonyl (C=O) groups excluding carboxylic acids is 1. The average molecular weight is 521 g/mol. The smallest absolute Gasteiger partial charge is 0.222 e. The van der Waals surface area contributed by atoms with Crippen LogP contribution in [0, 0.1) is 17.2 Å². The number of hydrogen-bond donors (Lipinski definition) is 0. The highest BCUT2D eigenvalue weighted by Crippen LogP contribution is 2.39. The number of likely N-dealkylation sites (tertiary alicyclic amines) is 1. The molecule has 1 amide bonds. The molecule has 1 saturated carbocycles. The second-order valence-corrected chi connectivity index (χ2v) is 12.0. The molecule has 0 unspecified atom stereocenters. The number of piperidine rings is 1. The summed E-state index contributed by atoms with van der Waals surface area (Å²) in [6.45, 7) is 4.58. The minimum Gasteiger partial charge on any atom is -0.492 e. The molecule has 1 aliphatic carbocycles. The summed E-state index contributed by atoms with van der Waals surface area (Å²) in [6.07, 6.45) is 13.6. The first-order valence-electron chi connectivity index (χ1n) is 15.0. The van der Waals surface area contributed by atoms with E-state index in [9.17, 15) is 9.18 Å². The van der Waals surface area contributed by atoms with E-state index in [1.54, 1.807) is 12.1 Å². The zero-order chi connectivity index (χ0) is 26.2. The summed E-state index contributed by atoms with van der Waals surface area (Å²) in [7, 11) is 0. The van der Waals surface area contributed by atoms with Crippen molar-refractivity contribution in [2.75, 3.05) is 32.8 Å². The minimum absolute atomic E-state index is 0.137. The molecule has 2 aliphatic heterocycles. The van der Waals surface area contributed by atoms with Crippen LogP contribution in [0.3, 0.4) is 0 Å². The number of aryl methyl sites for hydroxylation is 1. The van der Waals surface area contributed by atoms with E-state index >= 15 is 0 Å². The standard InChI is InChI=1S/C33H45FN2O2/c34-30-14-5-3-13-29(30)25-35-23-24-38-31-15-6-4-11-28(31)12-7-8-18-33(26-35)19-21-36(22-20-33)32(37)17-16-27-9-1-2-10-27/h3-6,11,13-15,27H,1-2,7-10,12,16-26H2. The Hall–Kier alpha value is -2.40. The van der Waals surface area contributed by atoms with E-state index in [0.29, 0.717) is 25.5 Å². The monoisotopic (exact) mass is 520 g/mol. The Bertz CT molecular complexity index is 1040. The molecular formula is C33H45FN2O2. The number of ether oxygens (including phenoxy) is 1. The fraction of sp³-hybridized carbons (Fsp3) is 0.606. The molecule has 1 saturated heterocycles. The maximum absolute atomic E-state index is 14.6. The second kappa shape index (κ2) is 13.1. The van der Waals surface area contributed by atoms with Crippen LogP contribution in [0.5, 0.6) is 5.75 Å². The van der Waals surface area contributed by atoms with Gasteiger partial charge < -0.3 is 9.64 Å².